The molecule has 1 N–H and O–H groups in total. The molecule has 0 amide bonds. The van der Waals surface area contributed by atoms with E-state index in [1.54, 1.807) is 0 Å². The number of hydrogen-bond acceptors (Lipinski definition) is 3. The van der Waals surface area contributed by atoms with E-state index in [4.69, 9.17) is 0 Å². The molecule has 1 atom stereocenters. The molecule has 1 saturated heterocycles. The van der Waals surface area contributed by atoms with Gasteiger partial charge in [-0.1, -0.05) is 0 Å². The SMILES string of the molecule is CCn1nccc1CN1CCN[C@H](C)C1.Cl. The summed E-state index contributed by atoms with van der Waals surface area (Å²) in [6.07, 6.45) is 1.89. The summed E-state index contributed by atoms with van der Waals surface area (Å²) < 4.78 is 2.08. The quantitative estimate of drug-likeness (QED) is 0.865. The molecule has 1 fully saturated rings. The second kappa shape index (κ2) is 6.23. The molecule has 1 aromatic heterocycles. The minimum atomic E-state index is 0. The van der Waals surface area contributed by atoms with Crippen molar-refractivity contribution in [2.45, 2.75) is 33.0 Å². The zero-order valence-corrected chi connectivity index (χ0v) is 10.8. The Balaban J connectivity index is 0.00000128. The van der Waals surface area contributed by atoms with Gasteiger partial charge in [-0.3, -0.25) is 9.58 Å². The average Bonchev–Trinajstić information content (AvgIpc) is 2.65. The van der Waals surface area contributed by atoms with E-state index in [2.05, 4.69) is 39.9 Å². The summed E-state index contributed by atoms with van der Waals surface area (Å²) in [5, 5.41) is 7.75. The molecule has 4 nitrogen and oxygen atoms in total. The van der Waals surface area contributed by atoms with Crippen LogP contribution in [0.2, 0.25) is 0 Å². The van der Waals surface area contributed by atoms with E-state index >= 15 is 0 Å². The summed E-state index contributed by atoms with van der Waals surface area (Å²) >= 11 is 0. The normalized spacial score (nSPS) is 21.8. The molecular weight excluding hydrogens is 224 g/mol. The van der Waals surface area contributed by atoms with Crippen LogP contribution in [-0.4, -0.2) is 40.4 Å². The fourth-order valence-corrected chi connectivity index (χ4v) is 2.16. The van der Waals surface area contributed by atoms with Crippen LogP contribution >= 0.6 is 12.4 Å². The molecule has 0 bridgehead atoms. The number of hydrogen-bond donors (Lipinski definition) is 1. The van der Waals surface area contributed by atoms with Gasteiger partial charge in [0.25, 0.3) is 0 Å². The lowest BCUT2D eigenvalue weighted by molar-refractivity contribution is 0.194. The van der Waals surface area contributed by atoms with E-state index in [1.807, 2.05) is 6.20 Å². The van der Waals surface area contributed by atoms with E-state index in [1.165, 1.54) is 5.69 Å². The molecular formula is C11H21ClN4. The van der Waals surface area contributed by atoms with Gasteiger partial charge in [-0.25, -0.2) is 0 Å². The number of aromatic nitrogens is 2. The van der Waals surface area contributed by atoms with Gasteiger partial charge >= 0.3 is 0 Å². The molecule has 0 spiro atoms. The predicted octanol–water partition coefficient (Wildman–Crippen LogP) is 1.12. The summed E-state index contributed by atoms with van der Waals surface area (Å²) in [6, 6.07) is 2.73. The standard InChI is InChI=1S/C11H20N4.ClH/c1-3-15-11(4-5-13-15)9-14-7-6-12-10(2)8-14;/h4-5,10,12H,3,6-9H2,1-2H3;1H/t10-;/m1./s1. The molecule has 0 radical (unpaired) electrons. The van der Waals surface area contributed by atoms with Crippen LogP contribution in [0.5, 0.6) is 0 Å². The van der Waals surface area contributed by atoms with Crippen molar-refractivity contribution in [2.75, 3.05) is 19.6 Å². The summed E-state index contributed by atoms with van der Waals surface area (Å²) in [6.45, 7) is 9.74. The molecule has 1 aliphatic rings. The first-order chi connectivity index (χ1) is 7.29. The first-order valence-corrected chi connectivity index (χ1v) is 5.76. The van der Waals surface area contributed by atoms with Gasteiger partial charge < -0.3 is 5.32 Å². The molecule has 0 aromatic carbocycles. The maximum Gasteiger partial charge on any atom is 0.0524 e. The van der Waals surface area contributed by atoms with Gasteiger partial charge in [0.1, 0.15) is 0 Å². The Bertz CT molecular complexity index is 313. The van der Waals surface area contributed by atoms with Crippen molar-refractivity contribution in [3.05, 3.63) is 18.0 Å². The Kier molecular flexibility index (Phi) is 5.25. The highest BCUT2D eigenvalue weighted by Gasteiger charge is 2.16. The molecule has 16 heavy (non-hydrogen) atoms. The molecule has 1 aliphatic heterocycles. The van der Waals surface area contributed by atoms with Crippen LogP contribution in [-0.2, 0) is 13.1 Å². The van der Waals surface area contributed by atoms with E-state index in [0.717, 1.165) is 32.7 Å². The van der Waals surface area contributed by atoms with Gasteiger partial charge in [-0.15, -0.1) is 12.4 Å². The van der Waals surface area contributed by atoms with Crippen LogP contribution in [0.1, 0.15) is 19.5 Å². The van der Waals surface area contributed by atoms with Gasteiger partial charge in [-0.2, -0.15) is 5.10 Å². The Morgan fingerprint density at radius 1 is 1.56 bits per heavy atom. The predicted molar refractivity (Wildman–Crippen MR) is 67.9 cm³/mol. The summed E-state index contributed by atoms with van der Waals surface area (Å²) in [5.41, 5.74) is 1.33. The number of halogens is 1. The molecule has 0 aliphatic carbocycles. The molecule has 2 heterocycles. The lowest BCUT2D eigenvalue weighted by atomic mass is 10.2. The smallest absolute Gasteiger partial charge is 0.0524 e. The Morgan fingerprint density at radius 3 is 3.06 bits per heavy atom. The highest BCUT2D eigenvalue weighted by Crippen LogP contribution is 2.07. The van der Waals surface area contributed by atoms with Gasteiger partial charge in [-0.05, 0) is 19.9 Å². The highest BCUT2D eigenvalue weighted by atomic mass is 35.5. The summed E-state index contributed by atoms with van der Waals surface area (Å²) in [4.78, 5) is 2.49. The van der Waals surface area contributed by atoms with Crippen LogP contribution in [0, 0.1) is 0 Å². The second-order valence-corrected chi connectivity index (χ2v) is 4.23. The highest BCUT2D eigenvalue weighted by molar-refractivity contribution is 5.85. The monoisotopic (exact) mass is 244 g/mol. The number of rotatable bonds is 3. The van der Waals surface area contributed by atoms with Gasteiger partial charge in [0.2, 0.25) is 0 Å². The molecule has 1 aromatic rings. The topological polar surface area (TPSA) is 33.1 Å². The molecule has 0 saturated carbocycles. The van der Waals surface area contributed by atoms with Crippen molar-refractivity contribution in [3.63, 3.8) is 0 Å². The molecule has 0 unspecified atom stereocenters. The van der Waals surface area contributed by atoms with E-state index in [9.17, 15) is 0 Å². The van der Waals surface area contributed by atoms with Crippen molar-refractivity contribution in [3.8, 4) is 0 Å². The Morgan fingerprint density at radius 2 is 2.38 bits per heavy atom. The molecule has 2 rings (SSSR count). The average molecular weight is 245 g/mol. The third-order valence-electron chi connectivity index (χ3n) is 2.94. The number of nitrogens with zero attached hydrogens (tertiary/aromatic N) is 3. The number of aryl methyl sites for hydroxylation is 1. The minimum Gasteiger partial charge on any atom is -0.312 e. The van der Waals surface area contributed by atoms with E-state index in [0.29, 0.717) is 6.04 Å². The van der Waals surface area contributed by atoms with Crippen molar-refractivity contribution < 1.29 is 0 Å². The van der Waals surface area contributed by atoms with Crippen LogP contribution in [0.15, 0.2) is 12.3 Å². The van der Waals surface area contributed by atoms with Crippen LogP contribution in [0.25, 0.3) is 0 Å². The van der Waals surface area contributed by atoms with Crippen LogP contribution in [0.4, 0.5) is 0 Å². The lowest BCUT2D eigenvalue weighted by Crippen LogP contribution is -2.48. The van der Waals surface area contributed by atoms with Crippen molar-refractivity contribution in [1.82, 2.24) is 20.0 Å². The molecule has 92 valence electrons. The fraction of sp³-hybridized carbons (Fsp3) is 0.727. The zero-order valence-electron chi connectivity index (χ0n) is 10.0. The van der Waals surface area contributed by atoms with Crippen LogP contribution < -0.4 is 5.32 Å². The largest absolute Gasteiger partial charge is 0.312 e. The zero-order chi connectivity index (χ0) is 10.7. The van der Waals surface area contributed by atoms with Crippen molar-refractivity contribution in [2.24, 2.45) is 0 Å². The molecule has 5 heteroatoms. The summed E-state index contributed by atoms with van der Waals surface area (Å²) in [7, 11) is 0. The number of nitrogens with one attached hydrogen (secondary N) is 1. The second-order valence-electron chi connectivity index (χ2n) is 4.23. The summed E-state index contributed by atoms with van der Waals surface area (Å²) in [5.74, 6) is 0. The van der Waals surface area contributed by atoms with E-state index < -0.39 is 0 Å². The third kappa shape index (κ3) is 3.20. The fourth-order valence-electron chi connectivity index (χ4n) is 2.16. The maximum atomic E-state index is 4.29. The van der Waals surface area contributed by atoms with Gasteiger partial charge in [0, 0.05) is 45.0 Å². The minimum absolute atomic E-state index is 0. The van der Waals surface area contributed by atoms with Crippen LogP contribution in [0.3, 0.4) is 0 Å². The first-order valence-electron chi connectivity index (χ1n) is 5.76. The number of piperazine rings is 1. The Hall–Kier alpha value is -0.580. The van der Waals surface area contributed by atoms with E-state index in [-0.39, 0.29) is 12.4 Å². The van der Waals surface area contributed by atoms with Gasteiger partial charge in [0.15, 0.2) is 0 Å². The van der Waals surface area contributed by atoms with Crippen molar-refractivity contribution >= 4 is 12.4 Å². The Labute approximate surface area is 103 Å². The lowest BCUT2D eigenvalue weighted by Gasteiger charge is -2.31. The third-order valence-corrected chi connectivity index (χ3v) is 2.94. The van der Waals surface area contributed by atoms with Gasteiger partial charge in [0.05, 0.1) is 5.69 Å². The maximum absolute atomic E-state index is 4.29. The van der Waals surface area contributed by atoms with Crippen molar-refractivity contribution in [1.29, 1.82) is 0 Å². The first kappa shape index (κ1) is 13.5.